The minimum Gasteiger partial charge on any atom is -0.191 e. The average Bonchev–Trinajstić information content (AvgIpc) is 1.77. The van der Waals surface area contributed by atoms with E-state index in [1.54, 1.807) is 0 Å². The Balaban J connectivity index is 6.41. The van der Waals surface area contributed by atoms with Gasteiger partial charge < -0.3 is 0 Å². The maximum atomic E-state index is 12.1. The molecule has 0 spiro atoms. The van der Waals surface area contributed by atoms with E-state index in [1.165, 1.54) is 0 Å². The van der Waals surface area contributed by atoms with Gasteiger partial charge in [0.1, 0.15) is 0 Å². The third-order valence-electron chi connectivity index (χ3n) is 0.874. The van der Waals surface area contributed by atoms with Gasteiger partial charge in [-0.15, -0.1) is 11.7 Å². The Bertz CT molecular complexity index is 448. The van der Waals surface area contributed by atoms with Crippen molar-refractivity contribution in [1.82, 2.24) is 0 Å². The SMILES string of the molecule is O=S(=O)(F)C(Br)(S(=O)(=O)F)S(=O)(=O)F. The van der Waals surface area contributed by atoms with Gasteiger partial charge in [0, 0.05) is 0 Å². The normalized spacial score (nSPS) is 15.4. The topological polar surface area (TPSA) is 102 Å². The molecule has 13 heteroatoms. The molecule has 0 saturated carbocycles. The van der Waals surface area contributed by atoms with Crippen molar-refractivity contribution in [1.29, 1.82) is 0 Å². The summed E-state index contributed by atoms with van der Waals surface area (Å²) in [5.41, 5.74) is 0. The molecule has 0 rings (SSSR count). The molecule has 86 valence electrons. The van der Waals surface area contributed by atoms with Crippen LogP contribution in [0.4, 0.5) is 11.7 Å². The predicted octanol–water partition coefficient (Wildman–Crippen LogP) is -0.109. The van der Waals surface area contributed by atoms with E-state index in [-0.39, 0.29) is 0 Å². The third kappa shape index (κ3) is 2.04. The van der Waals surface area contributed by atoms with E-state index in [4.69, 9.17) is 0 Å². The molecule has 0 radical (unpaired) electrons. The Morgan fingerprint density at radius 1 is 0.714 bits per heavy atom. The van der Waals surface area contributed by atoms with Gasteiger partial charge in [-0.05, 0) is 15.9 Å². The van der Waals surface area contributed by atoms with Crippen LogP contribution in [0.15, 0.2) is 0 Å². The molecular weight excluding hydrogens is 341 g/mol. The standard InChI is InChI=1S/CBrF3O6S3/c2-1(12(3,6)7,13(4,8)9)14(5,10)11. The summed E-state index contributed by atoms with van der Waals surface area (Å²) in [6.45, 7) is 0. The van der Waals surface area contributed by atoms with Crippen molar-refractivity contribution in [3.05, 3.63) is 0 Å². The zero-order valence-corrected chi connectivity index (χ0v) is 9.72. The summed E-state index contributed by atoms with van der Waals surface area (Å²) in [6, 6.07) is 0. The zero-order valence-electron chi connectivity index (χ0n) is 5.69. The molecule has 0 bridgehead atoms. The molecule has 0 amide bonds. The molecule has 0 aromatic carbocycles. The summed E-state index contributed by atoms with van der Waals surface area (Å²) in [5.74, 6) is 0. The van der Waals surface area contributed by atoms with Gasteiger partial charge in [0.25, 0.3) is 0 Å². The van der Waals surface area contributed by atoms with Gasteiger partial charge >= 0.3 is 33.0 Å². The Labute approximate surface area is 85.9 Å². The van der Waals surface area contributed by atoms with E-state index in [9.17, 15) is 36.9 Å². The molecule has 0 aliphatic carbocycles. The van der Waals surface area contributed by atoms with Crippen molar-refractivity contribution in [2.45, 2.75) is 2.32 Å². The van der Waals surface area contributed by atoms with Crippen molar-refractivity contribution < 1.29 is 36.9 Å². The average molecular weight is 341 g/mol. The molecule has 0 unspecified atom stereocenters. The van der Waals surface area contributed by atoms with E-state index in [0.29, 0.717) is 0 Å². The van der Waals surface area contributed by atoms with Gasteiger partial charge in [-0.2, -0.15) is 25.3 Å². The van der Waals surface area contributed by atoms with Crippen molar-refractivity contribution >= 4 is 46.6 Å². The quantitative estimate of drug-likeness (QED) is 0.524. The van der Waals surface area contributed by atoms with Gasteiger partial charge in [-0.1, -0.05) is 0 Å². The lowest BCUT2D eigenvalue weighted by Gasteiger charge is -2.12. The second-order valence-corrected chi connectivity index (χ2v) is 9.80. The van der Waals surface area contributed by atoms with E-state index < -0.39 is 33.0 Å². The fourth-order valence-corrected chi connectivity index (χ4v) is 3.21. The summed E-state index contributed by atoms with van der Waals surface area (Å²) in [4.78, 5) is 0. The number of hydrogen-bond acceptors (Lipinski definition) is 6. The van der Waals surface area contributed by atoms with Crippen LogP contribution in [-0.4, -0.2) is 27.6 Å². The van der Waals surface area contributed by atoms with Crippen LogP contribution in [0.1, 0.15) is 0 Å². The lowest BCUT2D eigenvalue weighted by atomic mass is 11.8. The number of hydrogen-bond donors (Lipinski definition) is 0. The van der Waals surface area contributed by atoms with Crippen molar-refractivity contribution in [3.8, 4) is 0 Å². The highest BCUT2D eigenvalue weighted by molar-refractivity contribution is 9.15. The molecule has 0 aliphatic heterocycles. The minimum absolute atomic E-state index is 1.16. The van der Waals surface area contributed by atoms with Crippen molar-refractivity contribution in [2.24, 2.45) is 0 Å². The molecular formula is CBrF3O6S3. The van der Waals surface area contributed by atoms with E-state index in [1.807, 2.05) is 0 Å². The summed E-state index contributed by atoms with van der Waals surface area (Å²) in [6.07, 6.45) is 0. The van der Waals surface area contributed by atoms with E-state index in [2.05, 4.69) is 0 Å². The first-order valence-corrected chi connectivity index (χ1v) is 7.21. The van der Waals surface area contributed by atoms with Crippen LogP contribution in [0, 0.1) is 0 Å². The zero-order chi connectivity index (χ0) is 12.0. The number of alkyl halides is 1. The largest absolute Gasteiger partial charge is 0.411 e. The first-order valence-electron chi connectivity index (χ1n) is 2.26. The second kappa shape index (κ2) is 3.31. The van der Waals surface area contributed by atoms with Gasteiger partial charge in [-0.25, -0.2) is 0 Å². The van der Waals surface area contributed by atoms with Gasteiger partial charge in [0.2, 0.25) is 0 Å². The molecule has 0 N–H and O–H groups in total. The Morgan fingerprint density at radius 3 is 0.857 bits per heavy atom. The molecule has 14 heavy (non-hydrogen) atoms. The van der Waals surface area contributed by atoms with Crippen LogP contribution in [-0.2, 0) is 30.7 Å². The smallest absolute Gasteiger partial charge is 0.191 e. The lowest BCUT2D eigenvalue weighted by Crippen LogP contribution is -2.41. The van der Waals surface area contributed by atoms with Gasteiger partial charge in [-0.3, -0.25) is 0 Å². The molecule has 0 atom stereocenters. The maximum absolute atomic E-state index is 12.1. The van der Waals surface area contributed by atoms with Crippen LogP contribution >= 0.6 is 15.9 Å². The van der Waals surface area contributed by atoms with Crippen molar-refractivity contribution in [2.75, 3.05) is 0 Å². The second-order valence-electron chi connectivity index (χ2n) is 1.79. The fourth-order valence-electron chi connectivity index (χ4n) is 0.357. The van der Waals surface area contributed by atoms with Gasteiger partial charge in [0.15, 0.2) is 0 Å². The lowest BCUT2D eigenvalue weighted by molar-refractivity contribution is 0.517. The molecule has 0 heterocycles. The first-order chi connectivity index (χ1) is 5.75. The highest BCUT2D eigenvalue weighted by Crippen LogP contribution is 2.41. The number of rotatable bonds is 3. The predicted molar refractivity (Wildman–Crippen MR) is 41.7 cm³/mol. The summed E-state index contributed by atoms with van der Waals surface area (Å²) >= 11 is 1.16. The molecule has 0 aliphatic rings. The summed E-state index contributed by atoms with van der Waals surface area (Å²) < 4.78 is 91.4. The molecule has 0 saturated heterocycles. The number of halogens is 4. The highest BCUT2D eigenvalue weighted by atomic mass is 79.9. The molecule has 0 aromatic rings. The van der Waals surface area contributed by atoms with E-state index in [0.717, 1.165) is 15.9 Å². The van der Waals surface area contributed by atoms with Crippen LogP contribution in [0.2, 0.25) is 0 Å². The van der Waals surface area contributed by atoms with Gasteiger partial charge in [0.05, 0.1) is 0 Å². The Kier molecular flexibility index (Phi) is 3.34. The van der Waals surface area contributed by atoms with E-state index >= 15 is 0 Å². The van der Waals surface area contributed by atoms with Crippen LogP contribution < -0.4 is 0 Å². The van der Waals surface area contributed by atoms with Crippen LogP contribution in [0.25, 0.3) is 0 Å². The molecule has 0 aromatic heterocycles. The van der Waals surface area contributed by atoms with Crippen LogP contribution in [0.3, 0.4) is 0 Å². The first kappa shape index (κ1) is 14.1. The third-order valence-corrected chi connectivity index (χ3v) is 9.68. The van der Waals surface area contributed by atoms with Crippen molar-refractivity contribution in [3.63, 3.8) is 0 Å². The summed E-state index contributed by atoms with van der Waals surface area (Å²) in [5, 5.41) is 0. The molecule has 0 fully saturated rings. The molecule has 6 nitrogen and oxygen atoms in total. The maximum Gasteiger partial charge on any atom is 0.411 e. The highest BCUT2D eigenvalue weighted by Gasteiger charge is 2.67. The monoisotopic (exact) mass is 340 g/mol. The Morgan fingerprint density at radius 2 is 0.857 bits per heavy atom. The summed E-state index contributed by atoms with van der Waals surface area (Å²) in [7, 11) is -19.8. The fraction of sp³-hybridized carbons (Fsp3) is 1.00. The minimum atomic E-state index is -6.59. The Hall–Kier alpha value is 0.120. The van der Waals surface area contributed by atoms with Crippen LogP contribution in [0.5, 0.6) is 0 Å².